The van der Waals surface area contributed by atoms with Crippen molar-refractivity contribution >= 4 is 11.0 Å². The summed E-state index contributed by atoms with van der Waals surface area (Å²) in [5.41, 5.74) is 3.05. The monoisotopic (exact) mass is 218 g/mol. The summed E-state index contributed by atoms with van der Waals surface area (Å²) in [6.07, 6.45) is 0. The zero-order valence-electron chi connectivity index (χ0n) is 9.19. The number of aromatic nitrogens is 2. The van der Waals surface area contributed by atoms with Crippen molar-refractivity contribution in [1.82, 2.24) is 9.55 Å². The van der Waals surface area contributed by atoms with Gasteiger partial charge < -0.3 is 9.72 Å². The predicted molar refractivity (Wildman–Crippen MR) is 61.6 cm³/mol. The molecule has 1 fully saturated rings. The van der Waals surface area contributed by atoms with Crippen LogP contribution in [0, 0.1) is 12.8 Å². The van der Waals surface area contributed by atoms with Crippen LogP contribution in [0.4, 0.5) is 0 Å². The summed E-state index contributed by atoms with van der Waals surface area (Å²) >= 11 is 0. The fourth-order valence-electron chi connectivity index (χ4n) is 2.11. The van der Waals surface area contributed by atoms with Gasteiger partial charge in [0.15, 0.2) is 0 Å². The molecule has 1 saturated heterocycles. The van der Waals surface area contributed by atoms with Crippen LogP contribution in [0.2, 0.25) is 0 Å². The second-order valence-electron chi connectivity index (χ2n) is 4.46. The predicted octanol–water partition coefficient (Wildman–Crippen LogP) is 1.28. The average Bonchev–Trinajstić information content (AvgIpc) is 2.47. The maximum absolute atomic E-state index is 11.8. The number of aryl methyl sites for hydroxylation is 1. The summed E-state index contributed by atoms with van der Waals surface area (Å²) in [5.74, 6) is 0.484. The lowest BCUT2D eigenvalue weighted by molar-refractivity contribution is -0.0392. The molecule has 1 aliphatic rings. The molecule has 1 aliphatic heterocycles. The third kappa shape index (κ3) is 1.46. The number of fused-ring (bicyclic) bond motifs is 1. The van der Waals surface area contributed by atoms with Gasteiger partial charge in [-0.3, -0.25) is 4.57 Å². The smallest absolute Gasteiger partial charge is 0.326 e. The average molecular weight is 218 g/mol. The lowest BCUT2D eigenvalue weighted by Gasteiger charge is -2.25. The number of nitrogens with one attached hydrogen (secondary N) is 1. The molecular weight excluding hydrogens is 204 g/mol. The molecule has 3 rings (SSSR count). The highest BCUT2D eigenvalue weighted by atomic mass is 16.5. The Kier molecular flexibility index (Phi) is 2.11. The first-order valence-corrected chi connectivity index (χ1v) is 5.51. The van der Waals surface area contributed by atoms with E-state index in [-0.39, 0.29) is 5.69 Å². The molecule has 84 valence electrons. The molecule has 0 aliphatic carbocycles. The van der Waals surface area contributed by atoms with Gasteiger partial charge in [-0.25, -0.2) is 4.79 Å². The molecule has 0 unspecified atom stereocenters. The Morgan fingerprint density at radius 1 is 1.50 bits per heavy atom. The van der Waals surface area contributed by atoms with Crippen LogP contribution in [0.25, 0.3) is 11.0 Å². The Hall–Kier alpha value is -1.55. The van der Waals surface area contributed by atoms with E-state index in [1.807, 2.05) is 29.7 Å². The van der Waals surface area contributed by atoms with E-state index in [0.717, 1.165) is 36.4 Å². The SMILES string of the molecule is Cc1ccc2c(c1)[nH]c(=O)n2CC1COC1. The van der Waals surface area contributed by atoms with Crippen molar-refractivity contribution in [1.29, 1.82) is 0 Å². The molecule has 0 radical (unpaired) electrons. The Morgan fingerprint density at radius 3 is 3.00 bits per heavy atom. The van der Waals surface area contributed by atoms with Gasteiger partial charge in [0.1, 0.15) is 0 Å². The fraction of sp³-hybridized carbons (Fsp3) is 0.417. The number of benzene rings is 1. The van der Waals surface area contributed by atoms with E-state index < -0.39 is 0 Å². The maximum atomic E-state index is 11.8. The van der Waals surface area contributed by atoms with Gasteiger partial charge in [0.2, 0.25) is 0 Å². The van der Waals surface area contributed by atoms with E-state index in [9.17, 15) is 4.79 Å². The summed E-state index contributed by atoms with van der Waals surface area (Å²) < 4.78 is 6.94. The van der Waals surface area contributed by atoms with Crippen LogP contribution in [0.15, 0.2) is 23.0 Å². The van der Waals surface area contributed by atoms with Gasteiger partial charge in [-0.05, 0) is 24.6 Å². The van der Waals surface area contributed by atoms with Gasteiger partial charge in [-0.1, -0.05) is 6.07 Å². The first-order valence-electron chi connectivity index (χ1n) is 5.51. The molecule has 0 bridgehead atoms. The Bertz CT molecular complexity index is 578. The van der Waals surface area contributed by atoms with Crippen LogP contribution in [0.5, 0.6) is 0 Å². The summed E-state index contributed by atoms with van der Waals surface area (Å²) in [4.78, 5) is 14.7. The Balaban J connectivity index is 2.08. The van der Waals surface area contributed by atoms with Crippen molar-refractivity contribution in [3.8, 4) is 0 Å². The van der Waals surface area contributed by atoms with Crippen LogP contribution in [0.1, 0.15) is 5.56 Å². The number of hydrogen-bond acceptors (Lipinski definition) is 2. The zero-order chi connectivity index (χ0) is 11.1. The number of hydrogen-bond donors (Lipinski definition) is 1. The molecule has 0 saturated carbocycles. The summed E-state index contributed by atoms with van der Waals surface area (Å²) in [6.45, 7) is 4.31. The number of ether oxygens (including phenoxy) is 1. The van der Waals surface area contributed by atoms with Crippen molar-refractivity contribution in [2.24, 2.45) is 5.92 Å². The van der Waals surface area contributed by atoms with Gasteiger partial charge in [-0.15, -0.1) is 0 Å². The van der Waals surface area contributed by atoms with Crippen molar-refractivity contribution < 1.29 is 4.74 Å². The minimum Gasteiger partial charge on any atom is -0.381 e. The van der Waals surface area contributed by atoms with Crippen molar-refractivity contribution in [3.63, 3.8) is 0 Å². The number of aromatic amines is 1. The minimum absolute atomic E-state index is 0.0208. The first-order chi connectivity index (χ1) is 7.74. The van der Waals surface area contributed by atoms with E-state index in [1.165, 1.54) is 0 Å². The molecule has 2 heterocycles. The van der Waals surface area contributed by atoms with Crippen LogP contribution in [0.3, 0.4) is 0 Å². The standard InChI is InChI=1S/C12H14N2O2/c1-8-2-3-11-10(4-8)13-12(15)14(11)5-9-6-16-7-9/h2-4,9H,5-7H2,1H3,(H,13,15). The highest BCUT2D eigenvalue weighted by Gasteiger charge is 2.20. The topological polar surface area (TPSA) is 47.0 Å². The lowest BCUT2D eigenvalue weighted by atomic mass is 10.1. The van der Waals surface area contributed by atoms with Crippen molar-refractivity contribution in [3.05, 3.63) is 34.2 Å². The zero-order valence-corrected chi connectivity index (χ0v) is 9.19. The molecule has 4 nitrogen and oxygen atoms in total. The first kappa shape index (κ1) is 9.66. The molecule has 2 aromatic rings. The Morgan fingerprint density at radius 2 is 2.31 bits per heavy atom. The summed E-state index contributed by atoms with van der Waals surface area (Å²) in [5, 5.41) is 0. The van der Waals surface area contributed by atoms with Gasteiger partial charge in [0, 0.05) is 12.5 Å². The van der Waals surface area contributed by atoms with E-state index in [2.05, 4.69) is 4.98 Å². The summed E-state index contributed by atoms with van der Waals surface area (Å²) in [6, 6.07) is 6.04. The van der Waals surface area contributed by atoms with Gasteiger partial charge >= 0.3 is 5.69 Å². The van der Waals surface area contributed by atoms with Crippen LogP contribution in [-0.2, 0) is 11.3 Å². The van der Waals surface area contributed by atoms with Crippen LogP contribution < -0.4 is 5.69 Å². The fourth-order valence-corrected chi connectivity index (χ4v) is 2.11. The van der Waals surface area contributed by atoms with Gasteiger partial charge in [0.25, 0.3) is 0 Å². The molecule has 1 aromatic heterocycles. The second-order valence-corrected chi connectivity index (χ2v) is 4.46. The number of rotatable bonds is 2. The van der Waals surface area contributed by atoms with Crippen molar-refractivity contribution in [2.45, 2.75) is 13.5 Å². The van der Waals surface area contributed by atoms with E-state index in [0.29, 0.717) is 5.92 Å². The molecular formula is C12H14N2O2. The minimum atomic E-state index is -0.0208. The third-order valence-corrected chi connectivity index (χ3v) is 3.08. The molecule has 16 heavy (non-hydrogen) atoms. The van der Waals surface area contributed by atoms with E-state index in [1.54, 1.807) is 0 Å². The van der Waals surface area contributed by atoms with Crippen molar-refractivity contribution in [2.75, 3.05) is 13.2 Å². The number of H-pyrrole nitrogens is 1. The maximum Gasteiger partial charge on any atom is 0.326 e. The molecule has 1 aromatic carbocycles. The van der Waals surface area contributed by atoms with Crippen LogP contribution >= 0.6 is 0 Å². The largest absolute Gasteiger partial charge is 0.381 e. The molecule has 4 heteroatoms. The van der Waals surface area contributed by atoms with Gasteiger partial charge in [-0.2, -0.15) is 0 Å². The molecule has 1 N–H and O–H groups in total. The van der Waals surface area contributed by atoms with E-state index in [4.69, 9.17) is 4.74 Å². The molecule has 0 amide bonds. The highest BCUT2D eigenvalue weighted by Crippen LogP contribution is 2.17. The molecule has 0 atom stereocenters. The van der Waals surface area contributed by atoms with Gasteiger partial charge in [0.05, 0.1) is 24.2 Å². The van der Waals surface area contributed by atoms with E-state index >= 15 is 0 Å². The number of nitrogens with zero attached hydrogens (tertiary/aromatic N) is 1. The van der Waals surface area contributed by atoms with Crippen LogP contribution in [-0.4, -0.2) is 22.8 Å². The molecule has 0 spiro atoms. The quantitative estimate of drug-likeness (QED) is 0.825. The Labute approximate surface area is 92.8 Å². The lowest BCUT2D eigenvalue weighted by Crippen LogP contribution is -2.34. The normalized spacial score (nSPS) is 16.6. The second kappa shape index (κ2) is 3.49. The summed E-state index contributed by atoms with van der Waals surface area (Å²) in [7, 11) is 0. The highest BCUT2D eigenvalue weighted by molar-refractivity contribution is 5.75. The third-order valence-electron chi connectivity index (χ3n) is 3.08. The number of imidazole rings is 1.